The van der Waals surface area contributed by atoms with Crippen LogP contribution in [0, 0.1) is 17.2 Å². The number of primary amides is 1. The van der Waals surface area contributed by atoms with Crippen molar-refractivity contribution in [1.82, 2.24) is 19.6 Å². The van der Waals surface area contributed by atoms with Gasteiger partial charge in [-0.15, -0.1) is 5.10 Å². The van der Waals surface area contributed by atoms with Gasteiger partial charge in [-0.05, 0) is 30.5 Å². The number of aryl methyl sites for hydroxylation is 1. The van der Waals surface area contributed by atoms with Gasteiger partial charge in [-0.1, -0.05) is 17.7 Å². The van der Waals surface area contributed by atoms with Crippen LogP contribution >= 0.6 is 11.6 Å². The summed E-state index contributed by atoms with van der Waals surface area (Å²) in [6.45, 7) is 0. The van der Waals surface area contributed by atoms with Crippen LogP contribution < -0.4 is 10.5 Å². The van der Waals surface area contributed by atoms with Crippen molar-refractivity contribution in [3.63, 3.8) is 0 Å². The Morgan fingerprint density at radius 2 is 1.29 bits per heavy atom. The molecule has 1 fully saturated rings. The molecule has 312 valence electrons. The van der Waals surface area contributed by atoms with E-state index in [1.165, 1.54) is 0 Å². The molecule has 0 radical (unpaired) electrons. The molecule has 8 nitrogen and oxygen atoms in total. The second-order valence-electron chi connectivity index (χ2n) is 11.3. The molecule has 1 saturated carbocycles. The molecule has 0 atom stereocenters. The van der Waals surface area contributed by atoms with Gasteiger partial charge in [0.2, 0.25) is 5.91 Å². The lowest BCUT2D eigenvalue weighted by Gasteiger charge is -2.42. The highest BCUT2D eigenvalue weighted by Gasteiger charge is 2.96. The standard InChI is InChI=1S/C23H10ClF20N5O2.C4H5N/c1-48-14(49-6-8(5-46-49)7-2-3-10(24)9(4-7)12(45)50)11(15(25,26)27)13(47-48)51-23(43,44)21(38,39)19(34,35)17(30,31)16(28,29)18(32,33)20(36,37)22(40,41)42;5-3-4-1-2-4/h2-6H,1H3,(H2,45,50);4H,1-2H2. The van der Waals surface area contributed by atoms with Crippen molar-refractivity contribution in [2.45, 2.75) is 66.8 Å². The minimum absolute atomic E-state index is 0.0685. The molecular weight excluding hydrogens is 856 g/mol. The minimum atomic E-state index is -8.99. The lowest BCUT2D eigenvalue weighted by molar-refractivity contribution is -0.471. The van der Waals surface area contributed by atoms with Gasteiger partial charge in [-0.25, -0.2) is 9.36 Å². The van der Waals surface area contributed by atoms with Gasteiger partial charge in [0, 0.05) is 24.7 Å². The van der Waals surface area contributed by atoms with Crippen LogP contribution in [0.3, 0.4) is 0 Å². The fraction of sp³-hybridized carbons (Fsp3) is 0.481. The first-order chi connectivity index (χ1) is 25.0. The molecule has 3 aromatic rings. The zero-order valence-corrected chi connectivity index (χ0v) is 27.2. The number of nitriles is 1. The first kappa shape index (κ1) is 45.7. The average Bonchev–Trinajstić information content (AvgIpc) is 3.66. The van der Waals surface area contributed by atoms with Crippen molar-refractivity contribution in [1.29, 1.82) is 5.26 Å². The van der Waals surface area contributed by atoms with E-state index in [9.17, 15) is 92.6 Å². The number of nitrogens with two attached hydrogens (primary N) is 1. The third kappa shape index (κ3) is 7.44. The second-order valence-corrected chi connectivity index (χ2v) is 11.7. The maximum atomic E-state index is 14.5. The summed E-state index contributed by atoms with van der Waals surface area (Å²) in [4.78, 5) is 11.5. The Bertz CT molecular complexity index is 1990. The highest BCUT2D eigenvalue weighted by molar-refractivity contribution is 6.33. The van der Waals surface area contributed by atoms with Crippen LogP contribution in [0.1, 0.15) is 28.8 Å². The number of amides is 1. The SMILES string of the molecule is Cn1nc(OC(F)(F)C(F)(F)C(F)(F)C(F)(F)C(F)(F)C(F)(F)C(F)(F)C(F)(F)F)c(C(F)(F)F)c1-n1cc(-c2ccc(Cl)c(C(N)=O)c2)cn1.N#CC1CC1. The number of benzene rings is 1. The van der Waals surface area contributed by atoms with E-state index in [1.54, 1.807) is 0 Å². The zero-order chi connectivity index (χ0) is 43.6. The lowest BCUT2D eigenvalue weighted by atomic mass is 9.90. The molecule has 1 aliphatic carbocycles. The Morgan fingerprint density at radius 3 is 1.70 bits per heavy atom. The molecule has 29 heteroatoms. The van der Waals surface area contributed by atoms with Crippen LogP contribution in [0.15, 0.2) is 30.6 Å². The van der Waals surface area contributed by atoms with E-state index < -0.39 is 77.2 Å². The Labute approximate surface area is 301 Å². The molecule has 1 aromatic carbocycles. The number of nitrogens with zero attached hydrogens (tertiary/aromatic N) is 5. The third-order valence-electron chi connectivity index (χ3n) is 7.31. The van der Waals surface area contributed by atoms with Crippen molar-refractivity contribution in [2.75, 3.05) is 0 Å². The summed E-state index contributed by atoms with van der Waals surface area (Å²) in [5.74, 6) is -57.7. The Balaban J connectivity index is 0.00000155. The number of carbonyl (C=O) groups excluding carboxylic acids is 1. The average molecular weight is 871 g/mol. The summed E-state index contributed by atoms with van der Waals surface area (Å²) < 4.78 is 276. The van der Waals surface area contributed by atoms with Crippen LogP contribution in [0.25, 0.3) is 16.9 Å². The Morgan fingerprint density at radius 1 is 0.804 bits per heavy atom. The van der Waals surface area contributed by atoms with Crippen molar-refractivity contribution >= 4 is 17.5 Å². The monoisotopic (exact) mass is 870 g/mol. The lowest BCUT2D eigenvalue weighted by Crippen LogP contribution is -2.74. The van der Waals surface area contributed by atoms with E-state index in [-0.39, 0.29) is 31.1 Å². The van der Waals surface area contributed by atoms with E-state index in [4.69, 9.17) is 22.6 Å². The third-order valence-corrected chi connectivity index (χ3v) is 7.64. The van der Waals surface area contributed by atoms with Crippen molar-refractivity contribution in [3.05, 3.63) is 46.7 Å². The molecule has 0 aliphatic heterocycles. The maximum Gasteiger partial charge on any atom is 0.472 e. The number of ether oxygens (including phenoxy) is 1. The Kier molecular flexibility index (Phi) is 11.5. The predicted molar refractivity (Wildman–Crippen MR) is 144 cm³/mol. The fourth-order valence-electron chi connectivity index (χ4n) is 4.10. The number of halogens is 21. The van der Waals surface area contributed by atoms with Gasteiger partial charge >= 0.3 is 54.0 Å². The topological polar surface area (TPSA) is 112 Å². The van der Waals surface area contributed by atoms with Gasteiger partial charge in [0.05, 0.1) is 22.9 Å². The number of aromatic nitrogens is 4. The van der Waals surface area contributed by atoms with E-state index in [0.29, 0.717) is 25.4 Å². The highest BCUT2D eigenvalue weighted by atomic mass is 35.5. The first-order valence-corrected chi connectivity index (χ1v) is 14.4. The van der Waals surface area contributed by atoms with E-state index in [1.807, 2.05) is 0 Å². The number of hydrogen-bond donors (Lipinski definition) is 1. The molecule has 56 heavy (non-hydrogen) atoms. The van der Waals surface area contributed by atoms with Gasteiger partial charge in [-0.2, -0.15) is 98.2 Å². The molecule has 2 heterocycles. The summed E-state index contributed by atoms with van der Waals surface area (Å²) >= 11 is 5.77. The molecule has 4 rings (SSSR count). The quantitative estimate of drug-likeness (QED) is 0.193. The molecule has 1 aliphatic rings. The largest absolute Gasteiger partial charge is 0.472 e. The van der Waals surface area contributed by atoms with Crippen molar-refractivity contribution in [3.8, 4) is 28.9 Å². The molecule has 0 saturated heterocycles. The predicted octanol–water partition coefficient (Wildman–Crippen LogP) is 9.31. The molecular formula is C27H15ClF20N6O2. The van der Waals surface area contributed by atoms with E-state index in [2.05, 4.69) is 21.0 Å². The molecule has 0 spiro atoms. The summed E-state index contributed by atoms with van der Waals surface area (Å²) in [5.41, 5.74) is 1.65. The van der Waals surface area contributed by atoms with E-state index >= 15 is 0 Å². The number of carbonyl (C=O) groups is 1. The van der Waals surface area contributed by atoms with Gasteiger partial charge in [0.1, 0.15) is 0 Å². The minimum Gasteiger partial charge on any atom is -0.408 e. The zero-order valence-electron chi connectivity index (χ0n) is 26.4. The fourth-order valence-corrected chi connectivity index (χ4v) is 4.31. The number of hydrogen-bond acceptors (Lipinski definition) is 5. The molecule has 0 unspecified atom stereocenters. The van der Waals surface area contributed by atoms with Gasteiger partial charge in [-0.3, -0.25) is 4.79 Å². The van der Waals surface area contributed by atoms with E-state index in [0.717, 1.165) is 31.0 Å². The number of alkyl halides is 20. The van der Waals surface area contributed by atoms with Crippen LogP contribution in [-0.2, 0) is 13.2 Å². The van der Waals surface area contributed by atoms with Crippen LogP contribution in [0.2, 0.25) is 5.02 Å². The maximum absolute atomic E-state index is 14.5. The van der Waals surface area contributed by atoms with Crippen molar-refractivity contribution < 1.29 is 97.3 Å². The van der Waals surface area contributed by atoms with Crippen LogP contribution in [0.5, 0.6) is 5.88 Å². The molecule has 1 amide bonds. The second kappa shape index (κ2) is 14.0. The van der Waals surface area contributed by atoms with Crippen LogP contribution in [-0.4, -0.2) is 73.3 Å². The van der Waals surface area contributed by atoms with Gasteiger partial charge < -0.3 is 10.5 Å². The summed E-state index contributed by atoms with van der Waals surface area (Å²) in [7, 11) is 0.384. The molecule has 2 N–H and O–H groups in total. The smallest absolute Gasteiger partial charge is 0.408 e. The summed E-state index contributed by atoms with van der Waals surface area (Å²) in [5, 5.41) is 13.7. The molecule has 0 bridgehead atoms. The normalized spacial score (nSPS) is 15.2. The van der Waals surface area contributed by atoms with Crippen molar-refractivity contribution in [2.24, 2.45) is 18.7 Å². The highest BCUT2D eigenvalue weighted by Crippen LogP contribution is 2.64. The molecule has 2 aromatic heterocycles. The summed E-state index contributed by atoms with van der Waals surface area (Å²) in [6.07, 6.45) is -18.2. The first-order valence-electron chi connectivity index (χ1n) is 14.0. The van der Waals surface area contributed by atoms with Gasteiger partial charge in [0.15, 0.2) is 11.4 Å². The Hall–Kier alpha value is -4.71. The number of rotatable bonds is 11. The summed E-state index contributed by atoms with van der Waals surface area (Å²) in [6, 6.07) is 5.30. The van der Waals surface area contributed by atoms with Crippen LogP contribution in [0.4, 0.5) is 87.8 Å². The van der Waals surface area contributed by atoms with Gasteiger partial charge in [0.25, 0.3) is 5.88 Å².